The molecule has 1 heterocycles. The van der Waals surface area contributed by atoms with Crippen molar-refractivity contribution < 1.29 is 4.79 Å². The quantitative estimate of drug-likeness (QED) is 0.919. The number of carbonyl (C=O) groups is 1. The summed E-state index contributed by atoms with van der Waals surface area (Å²) >= 11 is 4.96. The van der Waals surface area contributed by atoms with Gasteiger partial charge in [0.15, 0.2) is 0 Å². The molecule has 0 spiro atoms. The Labute approximate surface area is 113 Å². The van der Waals surface area contributed by atoms with Crippen LogP contribution >= 0.6 is 27.3 Å². The zero-order valence-electron chi connectivity index (χ0n) is 9.37. The molecule has 2 aromatic rings. The van der Waals surface area contributed by atoms with Gasteiger partial charge in [-0.3, -0.25) is 4.79 Å². The van der Waals surface area contributed by atoms with E-state index in [0.29, 0.717) is 6.54 Å². The summed E-state index contributed by atoms with van der Waals surface area (Å²) in [6, 6.07) is 7.92. The summed E-state index contributed by atoms with van der Waals surface area (Å²) in [7, 11) is 0. The molecule has 1 N–H and O–H groups in total. The lowest BCUT2D eigenvalue weighted by atomic mass is 10.2. The lowest BCUT2D eigenvalue weighted by Crippen LogP contribution is -2.22. The predicted molar refractivity (Wildman–Crippen MR) is 74.4 cm³/mol. The summed E-state index contributed by atoms with van der Waals surface area (Å²) in [4.78, 5) is 11.9. The van der Waals surface area contributed by atoms with Crippen LogP contribution < -0.4 is 5.32 Å². The molecule has 1 amide bonds. The highest BCUT2D eigenvalue weighted by Gasteiger charge is 2.08. The molecule has 0 aliphatic rings. The molecule has 0 bridgehead atoms. The van der Waals surface area contributed by atoms with Crippen molar-refractivity contribution in [3.8, 4) is 0 Å². The Bertz CT molecular complexity index is 536. The van der Waals surface area contributed by atoms with Crippen LogP contribution in [0.25, 0.3) is 0 Å². The first-order chi connectivity index (χ1) is 8.16. The minimum absolute atomic E-state index is 0.0104. The molecular formula is C13H12BrNOS. The SMILES string of the molecule is Cc1cscc1C(=O)NCc1cccc(Br)c1. The highest BCUT2D eigenvalue weighted by atomic mass is 79.9. The topological polar surface area (TPSA) is 29.1 Å². The number of benzene rings is 1. The van der Waals surface area contributed by atoms with Crippen molar-refractivity contribution in [2.45, 2.75) is 13.5 Å². The molecule has 0 unspecified atom stereocenters. The number of aryl methyl sites for hydroxylation is 1. The van der Waals surface area contributed by atoms with Crippen molar-refractivity contribution in [1.82, 2.24) is 5.32 Å². The van der Waals surface area contributed by atoms with Crippen molar-refractivity contribution in [3.05, 3.63) is 56.2 Å². The molecule has 1 aromatic heterocycles. The highest BCUT2D eigenvalue weighted by molar-refractivity contribution is 9.10. The van der Waals surface area contributed by atoms with Crippen LogP contribution in [-0.2, 0) is 6.54 Å². The average molecular weight is 310 g/mol. The molecule has 0 atom stereocenters. The Morgan fingerprint density at radius 3 is 2.88 bits per heavy atom. The minimum Gasteiger partial charge on any atom is -0.348 e. The fourth-order valence-electron chi connectivity index (χ4n) is 1.52. The van der Waals surface area contributed by atoms with Crippen molar-refractivity contribution in [3.63, 3.8) is 0 Å². The summed E-state index contributed by atoms with van der Waals surface area (Å²) in [5.41, 5.74) is 2.88. The number of halogens is 1. The van der Waals surface area contributed by atoms with Crippen LogP contribution in [0.3, 0.4) is 0 Å². The Hall–Kier alpha value is -1.13. The second kappa shape index (κ2) is 5.47. The van der Waals surface area contributed by atoms with Gasteiger partial charge in [0.1, 0.15) is 0 Å². The first-order valence-corrected chi connectivity index (χ1v) is 6.96. The summed E-state index contributed by atoms with van der Waals surface area (Å²) < 4.78 is 1.02. The van der Waals surface area contributed by atoms with Crippen LogP contribution in [0.4, 0.5) is 0 Å². The van der Waals surface area contributed by atoms with Gasteiger partial charge in [-0.1, -0.05) is 28.1 Å². The maximum atomic E-state index is 11.9. The molecule has 0 saturated carbocycles. The Balaban J connectivity index is 1.99. The maximum absolute atomic E-state index is 11.9. The normalized spacial score (nSPS) is 10.2. The first kappa shape index (κ1) is 12.3. The first-order valence-electron chi connectivity index (χ1n) is 5.22. The van der Waals surface area contributed by atoms with Crippen LogP contribution in [0.15, 0.2) is 39.5 Å². The second-order valence-electron chi connectivity index (χ2n) is 3.78. The highest BCUT2D eigenvalue weighted by Crippen LogP contribution is 2.14. The zero-order valence-corrected chi connectivity index (χ0v) is 11.8. The van der Waals surface area contributed by atoms with E-state index < -0.39 is 0 Å². The number of hydrogen-bond acceptors (Lipinski definition) is 2. The van der Waals surface area contributed by atoms with Crippen LogP contribution in [0, 0.1) is 6.92 Å². The number of hydrogen-bond donors (Lipinski definition) is 1. The molecule has 2 rings (SSSR count). The van der Waals surface area contributed by atoms with Gasteiger partial charge in [0.25, 0.3) is 5.91 Å². The van der Waals surface area contributed by atoms with Crippen LogP contribution in [-0.4, -0.2) is 5.91 Å². The third-order valence-electron chi connectivity index (χ3n) is 2.44. The van der Waals surface area contributed by atoms with Crippen LogP contribution in [0.1, 0.15) is 21.5 Å². The third kappa shape index (κ3) is 3.17. The summed E-state index contributed by atoms with van der Waals surface area (Å²) in [5.74, 6) is -0.0104. The molecule has 1 aromatic carbocycles. The lowest BCUT2D eigenvalue weighted by Gasteiger charge is -2.05. The van der Waals surface area contributed by atoms with E-state index in [2.05, 4.69) is 21.2 Å². The predicted octanol–water partition coefficient (Wildman–Crippen LogP) is 3.75. The number of amides is 1. The smallest absolute Gasteiger partial charge is 0.252 e. The van der Waals surface area contributed by atoms with Gasteiger partial charge in [-0.25, -0.2) is 0 Å². The van der Waals surface area contributed by atoms with Gasteiger partial charge in [-0.15, -0.1) is 0 Å². The molecule has 4 heteroatoms. The molecule has 0 saturated heterocycles. The molecule has 2 nitrogen and oxygen atoms in total. The largest absolute Gasteiger partial charge is 0.348 e. The lowest BCUT2D eigenvalue weighted by molar-refractivity contribution is 0.0951. The van der Waals surface area contributed by atoms with E-state index in [9.17, 15) is 4.79 Å². The Morgan fingerprint density at radius 2 is 2.24 bits per heavy atom. The standard InChI is InChI=1S/C13H12BrNOS/c1-9-7-17-8-12(9)13(16)15-6-10-3-2-4-11(14)5-10/h2-5,7-8H,6H2,1H3,(H,15,16). The number of rotatable bonds is 3. The molecule has 0 aliphatic carbocycles. The number of carbonyl (C=O) groups excluding carboxylic acids is 1. The van der Waals surface area contributed by atoms with Crippen LogP contribution in [0.5, 0.6) is 0 Å². The monoisotopic (exact) mass is 309 g/mol. The average Bonchev–Trinajstić information content (AvgIpc) is 2.72. The Kier molecular flexibility index (Phi) is 3.97. The van der Waals surface area contributed by atoms with Crippen molar-refractivity contribution in [1.29, 1.82) is 0 Å². The number of nitrogens with one attached hydrogen (secondary N) is 1. The molecule has 0 aliphatic heterocycles. The summed E-state index contributed by atoms with van der Waals surface area (Å²) in [5, 5.41) is 6.78. The Morgan fingerprint density at radius 1 is 1.41 bits per heavy atom. The molecule has 0 fully saturated rings. The molecule has 17 heavy (non-hydrogen) atoms. The van der Waals surface area contributed by atoms with Crippen molar-refractivity contribution in [2.24, 2.45) is 0 Å². The van der Waals surface area contributed by atoms with E-state index >= 15 is 0 Å². The maximum Gasteiger partial charge on any atom is 0.252 e. The second-order valence-corrected chi connectivity index (χ2v) is 5.44. The van der Waals surface area contributed by atoms with Gasteiger partial charge in [0, 0.05) is 16.4 Å². The molecular weight excluding hydrogens is 298 g/mol. The fraction of sp³-hybridized carbons (Fsp3) is 0.154. The van der Waals surface area contributed by atoms with Crippen LogP contribution in [0.2, 0.25) is 0 Å². The van der Waals surface area contributed by atoms with Gasteiger partial charge in [0.2, 0.25) is 0 Å². The van der Waals surface area contributed by atoms with E-state index in [0.717, 1.165) is 21.2 Å². The molecule has 88 valence electrons. The van der Waals surface area contributed by atoms with Gasteiger partial charge in [-0.05, 0) is 35.6 Å². The van der Waals surface area contributed by atoms with E-state index in [1.54, 1.807) is 11.3 Å². The van der Waals surface area contributed by atoms with E-state index in [-0.39, 0.29) is 5.91 Å². The van der Waals surface area contributed by atoms with Gasteiger partial charge >= 0.3 is 0 Å². The minimum atomic E-state index is -0.0104. The van der Waals surface area contributed by atoms with Crippen molar-refractivity contribution >= 4 is 33.2 Å². The van der Waals surface area contributed by atoms with E-state index in [4.69, 9.17) is 0 Å². The fourth-order valence-corrected chi connectivity index (χ4v) is 2.79. The van der Waals surface area contributed by atoms with Crippen molar-refractivity contribution in [2.75, 3.05) is 0 Å². The zero-order chi connectivity index (χ0) is 12.3. The van der Waals surface area contributed by atoms with E-state index in [1.807, 2.05) is 41.9 Å². The van der Waals surface area contributed by atoms with Gasteiger partial charge < -0.3 is 5.32 Å². The summed E-state index contributed by atoms with van der Waals surface area (Å²) in [6.45, 7) is 2.50. The third-order valence-corrected chi connectivity index (χ3v) is 3.80. The number of thiophene rings is 1. The van der Waals surface area contributed by atoms with E-state index in [1.165, 1.54) is 0 Å². The molecule has 0 radical (unpaired) electrons. The summed E-state index contributed by atoms with van der Waals surface area (Å²) in [6.07, 6.45) is 0. The van der Waals surface area contributed by atoms with Gasteiger partial charge in [-0.2, -0.15) is 11.3 Å². The van der Waals surface area contributed by atoms with Gasteiger partial charge in [0.05, 0.1) is 5.56 Å².